The Hall–Kier alpha value is 0.100. The molecule has 3 heteroatoms. The van der Waals surface area contributed by atoms with Gasteiger partial charge in [0.25, 0.3) is 0 Å². The summed E-state index contributed by atoms with van der Waals surface area (Å²) >= 11 is 4.26. The predicted octanol–water partition coefficient (Wildman–Crippen LogP) is 4.01. The fourth-order valence-corrected chi connectivity index (χ4v) is 3.22. The fraction of sp³-hybridized carbons (Fsp3) is 0.455. The van der Waals surface area contributed by atoms with Crippen LogP contribution in [0.4, 0.5) is 5.69 Å². The van der Waals surface area contributed by atoms with Crippen LogP contribution in [0.2, 0.25) is 0 Å². The number of nitrogens with two attached hydrogens (primary N) is 1. The van der Waals surface area contributed by atoms with E-state index in [-0.39, 0.29) is 0 Å². The first-order valence-electron chi connectivity index (χ1n) is 4.77. The number of hydrogen-bond acceptors (Lipinski definition) is 2. The van der Waals surface area contributed by atoms with Crippen molar-refractivity contribution in [3.05, 3.63) is 21.8 Å². The summed E-state index contributed by atoms with van der Waals surface area (Å²) < 4.78 is 1.26. The molecule has 1 rings (SSSR count). The van der Waals surface area contributed by atoms with Crippen LogP contribution in [0.3, 0.4) is 0 Å². The van der Waals surface area contributed by atoms with Crippen LogP contribution in [-0.4, -0.2) is 5.75 Å². The average Bonchev–Trinajstić information content (AvgIpc) is 2.08. The van der Waals surface area contributed by atoms with Crippen LogP contribution in [-0.2, 0) is 0 Å². The van der Waals surface area contributed by atoms with Crippen molar-refractivity contribution in [2.24, 2.45) is 5.92 Å². The second-order valence-electron chi connectivity index (χ2n) is 3.72. The van der Waals surface area contributed by atoms with Crippen LogP contribution in [0.5, 0.6) is 0 Å². The van der Waals surface area contributed by atoms with E-state index in [1.807, 2.05) is 23.9 Å². The second kappa shape index (κ2) is 5.85. The minimum absolute atomic E-state index is 0.786. The number of benzene rings is 1. The van der Waals surface area contributed by atoms with Gasteiger partial charge in [0.05, 0.1) is 0 Å². The van der Waals surface area contributed by atoms with E-state index < -0.39 is 0 Å². The molecule has 0 bridgehead atoms. The highest BCUT2D eigenvalue weighted by Crippen LogP contribution is 2.27. The Balaban J connectivity index is 2.51. The molecular weight excluding hydrogens is 305 g/mol. The van der Waals surface area contributed by atoms with Crippen molar-refractivity contribution in [1.82, 2.24) is 0 Å². The smallest absolute Gasteiger partial charge is 0.0325 e. The number of nitrogen functional groups attached to an aromatic ring is 1. The Morgan fingerprint density at radius 1 is 1.43 bits per heavy atom. The highest BCUT2D eigenvalue weighted by atomic mass is 127. The average molecular weight is 321 g/mol. The van der Waals surface area contributed by atoms with E-state index in [1.54, 1.807) is 0 Å². The molecule has 0 radical (unpaired) electrons. The highest BCUT2D eigenvalue weighted by molar-refractivity contribution is 14.1. The summed E-state index contributed by atoms with van der Waals surface area (Å²) in [5.41, 5.74) is 6.54. The van der Waals surface area contributed by atoms with E-state index in [0.717, 1.165) is 11.6 Å². The molecule has 1 aromatic carbocycles. The monoisotopic (exact) mass is 321 g/mol. The van der Waals surface area contributed by atoms with E-state index in [4.69, 9.17) is 5.73 Å². The Morgan fingerprint density at radius 2 is 2.14 bits per heavy atom. The maximum atomic E-state index is 5.69. The molecule has 0 aromatic heterocycles. The van der Waals surface area contributed by atoms with E-state index in [9.17, 15) is 0 Å². The Bertz CT molecular complexity index is 299. The van der Waals surface area contributed by atoms with Crippen molar-refractivity contribution in [2.75, 3.05) is 11.5 Å². The molecule has 0 unspecified atom stereocenters. The van der Waals surface area contributed by atoms with Crippen LogP contribution >= 0.6 is 34.4 Å². The summed E-state index contributed by atoms with van der Waals surface area (Å²) in [6.45, 7) is 4.52. The summed E-state index contributed by atoms with van der Waals surface area (Å²) in [7, 11) is 0. The van der Waals surface area contributed by atoms with E-state index in [0.29, 0.717) is 0 Å². The minimum Gasteiger partial charge on any atom is -0.399 e. The minimum atomic E-state index is 0.786. The van der Waals surface area contributed by atoms with Crippen molar-refractivity contribution in [3.63, 3.8) is 0 Å². The van der Waals surface area contributed by atoms with Crippen molar-refractivity contribution < 1.29 is 0 Å². The van der Waals surface area contributed by atoms with Crippen LogP contribution < -0.4 is 5.73 Å². The molecule has 0 aliphatic carbocycles. The molecule has 0 atom stereocenters. The van der Waals surface area contributed by atoms with Crippen molar-refractivity contribution >= 4 is 40.0 Å². The quantitative estimate of drug-likeness (QED) is 0.515. The lowest BCUT2D eigenvalue weighted by atomic mass is 10.2. The largest absolute Gasteiger partial charge is 0.399 e. The van der Waals surface area contributed by atoms with Gasteiger partial charge in [-0.25, -0.2) is 0 Å². The lowest BCUT2D eigenvalue weighted by molar-refractivity contribution is 0.632. The van der Waals surface area contributed by atoms with Crippen molar-refractivity contribution in [3.8, 4) is 0 Å². The van der Waals surface area contributed by atoms with Gasteiger partial charge in [-0.2, -0.15) is 0 Å². The molecule has 14 heavy (non-hydrogen) atoms. The Labute approximate surface area is 104 Å². The van der Waals surface area contributed by atoms with Gasteiger partial charge >= 0.3 is 0 Å². The summed E-state index contributed by atoms with van der Waals surface area (Å²) in [5, 5.41) is 0. The SMILES string of the molecule is CC(C)CCSc1ccc(N)cc1I. The number of anilines is 1. The van der Waals surface area contributed by atoms with E-state index in [1.165, 1.54) is 20.6 Å². The van der Waals surface area contributed by atoms with E-state index >= 15 is 0 Å². The predicted molar refractivity (Wildman–Crippen MR) is 73.8 cm³/mol. The van der Waals surface area contributed by atoms with Gasteiger partial charge in [-0.05, 0) is 58.9 Å². The zero-order chi connectivity index (χ0) is 10.6. The van der Waals surface area contributed by atoms with Gasteiger partial charge in [0, 0.05) is 14.2 Å². The normalized spacial score (nSPS) is 10.9. The van der Waals surface area contributed by atoms with Crippen LogP contribution in [0, 0.1) is 9.49 Å². The van der Waals surface area contributed by atoms with Crippen LogP contribution in [0.1, 0.15) is 20.3 Å². The maximum absolute atomic E-state index is 5.69. The van der Waals surface area contributed by atoms with Gasteiger partial charge in [0.1, 0.15) is 0 Å². The first-order chi connectivity index (χ1) is 6.59. The lowest BCUT2D eigenvalue weighted by Gasteiger charge is -2.06. The number of thioether (sulfide) groups is 1. The van der Waals surface area contributed by atoms with Crippen molar-refractivity contribution in [1.29, 1.82) is 0 Å². The summed E-state index contributed by atoms with van der Waals surface area (Å²) in [6.07, 6.45) is 1.27. The molecule has 78 valence electrons. The van der Waals surface area contributed by atoms with Gasteiger partial charge in [-0.1, -0.05) is 13.8 Å². The standard InChI is InChI=1S/C11H16INS/c1-8(2)5-6-14-11-4-3-9(13)7-10(11)12/h3-4,7-8H,5-6,13H2,1-2H3. The molecule has 0 fully saturated rings. The van der Waals surface area contributed by atoms with Crippen LogP contribution in [0.15, 0.2) is 23.1 Å². The first-order valence-corrected chi connectivity index (χ1v) is 6.84. The molecule has 2 N–H and O–H groups in total. The van der Waals surface area contributed by atoms with E-state index in [2.05, 4.69) is 42.5 Å². The van der Waals surface area contributed by atoms with Gasteiger partial charge < -0.3 is 5.73 Å². The van der Waals surface area contributed by atoms with Crippen molar-refractivity contribution in [2.45, 2.75) is 25.2 Å². The molecule has 0 amide bonds. The molecule has 0 saturated carbocycles. The third-order valence-corrected chi connectivity index (χ3v) is 4.27. The highest BCUT2D eigenvalue weighted by Gasteiger charge is 2.01. The Kier molecular flexibility index (Phi) is 5.09. The molecule has 0 spiro atoms. The van der Waals surface area contributed by atoms with Gasteiger partial charge in [0.15, 0.2) is 0 Å². The number of halogens is 1. The zero-order valence-electron chi connectivity index (χ0n) is 8.59. The molecular formula is C11H16INS. The molecule has 1 nitrogen and oxygen atoms in total. The van der Waals surface area contributed by atoms with Gasteiger partial charge in [-0.3, -0.25) is 0 Å². The van der Waals surface area contributed by atoms with Crippen LogP contribution in [0.25, 0.3) is 0 Å². The Morgan fingerprint density at radius 3 is 2.71 bits per heavy atom. The van der Waals surface area contributed by atoms with Gasteiger partial charge in [0.2, 0.25) is 0 Å². The zero-order valence-corrected chi connectivity index (χ0v) is 11.6. The third-order valence-electron chi connectivity index (χ3n) is 1.91. The first kappa shape index (κ1) is 12.2. The summed E-state index contributed by atoms with van der Waals surface area (Å²) in [4.78, 5) is 1.35. The topological polar surface area (TPSA) is 26.0 Å². The fourth-order valence-electron chi connectivity index (χ4n) is 1.04. The summed E-state index contributed by atoms with van der Waals surface area (Å²) in [5.74, 6) is 1.98. The number of rotatable bonds is 4. The second-order valence-corrected chi connectivity index (χ2v) is 6.02. The molecule has 0 heterocycles. The molecule has 0 aliphatic heterocycles. The maximum Gasteiger partial charge on any atom is 0.0325 e. The molecule has 0 aliphatic rings. The van der Waals surface area contributed by atoms with Gasteiger partial charge in [-0.15, -0.1) is 11.8 Å². The third kappa shape index (κ3) is 4.09. The number of hydrogen-bond donors (Lipinski definition) is 1. The molecule has 0 saturated heterocycles. The summed E-state index contributed by atoms with van der Waals surface area (Å²) in [6, 6.07) is 6.11. The lowest BCUT2D eigenvalue weighted by Crippen LogP contribution is -1.91. The molecule has 1 aromatic rings.